The lowest BCUT2D eigenvalue weighted by molar-refractivity contribution is -0.135. The molecule has 0 bridgehead atoms. The molecule has 5 heteroatoms. The lowest BCUT2D eigenvalue weighted by Gasteiger charge is -2.28. The van der Waals surface area contributed by atoms with Crippen LogP contribution in [0.15, 0.2) is 0 Å². The molecule has 0 spiro atoms. The number of hydrogen-bond donors (Lipinski definition) is 1. The summed E-state index contributed by atoms with van der Waals surface area (Å²) in [5, 5.41) is 0. The summed E-state index contributed by atoms with van der Waals surface area (Å²) in [4.78, 5) is 13.9. The maximum Gasteiger partial charge on any atom is 0.225 e. The molecule has 2 rings (SSSR count). The molecule has 2 atom stereocenters. The number of hydrogen-bond acceptors (Lipinski definition) is 3. The Bertz CT molecular complexity index is 273. The van der Waals surface area contributed by atoms with Crippen LogP contribution in [0.5, 0.6) is 0 Å². The Balaban J connectivity index is 1.88. The summed E-state index contributed by atoms with van der Waals surface area (Å²) in [7, 11) is -0.705. The van der Waals surface area contributed by atoms with Crippen LogP contribution in [0.3, 0.4) is 0 Å². The first-order valence-electron chi connectivity index (χ1n) is 5.56. The van der Waals surface area contributed by atoms with E-state index in [2.05, 4.69) is 0 Å². The van der Waals surface area contributed by atoms with Crippen molar-refractivity contribution in [3.8, 4) is 0 Å². The molecule has 1 saturated heterocycles. The molecular weight excluding hydrogens is 212 g/mol. The summed E-state index contributed by atoms with van der Waals surface area (Å²) < 4.78 is 11.2. The molecule has 1 aliphatic heterocycles. The lowest BCUT2D eigenvalue weighted by atomic mass is 10.1. The van der Waals surface area contributed by atoms with Gasteiger partial charge in [-0.05, 0) is 19.3 Å². The van der Waals surface area contributed by atoms with Crippen molar-refractivity contribution in [1.82, 2.24) is 4.90 Å². The zero-order valence-electron chi connectivity index (χ0n) is 8.85. The molecule has 0 aromatic heterocycles. The number of amides is 1. The van der Waals surface area contributed by atoms with Crippen LogP contribution in [0.4, 0.5) is 0 Å². The fourth-order valence-corrected chi connectivity index (χ4v) is 3.41. The first-order valence-corrected chi connectivity index (χ1v) is 7.05. The van der Waals surface area contributed by atoms with Gasteiger partial charge >= 0.3 is 0 Å². The molecule has 2 fully saturated rings. The first-order chi connectivity index (χ1) is 7.16. The Morgan fingerprint density at radius 1 is 1.27 bits per heavy atom. The van der Waals surface area contributed by atoms with E-state index >= 15 is 0 Å². The summed E-state index contributed by atoms with van der Waals surface area (Å²) in [6.07, 6.45) is 2.73. The van der Waals surface area contributed by atoms with Crippen LogP contribution in [-0.4, -0.2) is 45.7 Å². The summed E-state index contributed by atoms with van der Waals surface area (Å²) in [6, 6.07) is 0.206. The van der Waals surface area contributed by atoms with Crippen molar-refractivity contribution in [1.29, 1.82) is 0 Å². The third kappa shape index (κ3) is 2.58. The second-order valence-electron chi connectivity index (χ2n) is 4.44. The highest BCUT2D eigenvalue weighted by atomic mass is 32.2. The minimum Gasteiger partial charge on any atom is -0.341 e. The monoisotopic (exact) mass is 230 g/mol. The van der Waals surface area contributed by atoms with Crippen LogP contribution in [0.2, 0.25) is 0 Å². The molecule has 4 nitrogen and oxygen atoms in total. The zero-order chi connectivity index (χ0) is 10.8. The molecule has 1 saturated carbocycles. The van der Waals surface area contributed by atoms with Gasteiger partial charge in [-0.25, -0.2) is 0 Å². The normalized spacial score (nSPS) is 33.3. The third-order valence-corrected chi connectivity index (χ3v) is 4.59. The molecule has 86 valence electrons. The van der Waals surface area contributed by atoms with E-state index in [-0.39, 0.29) is 17.9 Å². The number of carbonyl (C=O) groups excluding carboxylic acids is 1. The predicted octanol–water partition coefficient (Wildman–Crippen LogP) is -0.295. The van der Waals surface area contributed by atoms with Crippen LogP contribution in [0.25, 0.3) is 0 Å². The second kappa shape index (κ2) is 4.61. The maximum atomic E-state index is 12.0. The molecule has 2 aliphatic rings. The minimum atomic E-state index is -0.705. The highest BCUT2D eigenvalue weighted by molar-refractivity contribution is 7.85. The summed E-state index contributed by atoms with van der Waals surface area (Å²) >= 11 is 0. The van der Waals surface area contributed by atoms with E-state index in [1.54, 1.807) is 0 Å². The molecule has 0 aromatic carbocycles. The maximum absolute atomic E-state index is 12.0. The van der Waals surface area contributed by atoms with Crippen molar-refractivity contribution in [2.24, 2.45) is 11.7 Å². The molecule has 2 N–H and O–H groups in total. The second-order valence-corrected chi connectivity index (χ2v) is 6.14. The predicted molar refractivity (Wildman–Crippen MR) is 59.8 cm³/mol. The van der Waals surface area contributed by atoms with E-state index < -0.39 is 10.8 Å². The van der Waals surface area contributed by atoms with Gasteiger partial charge in [0.15, 0.2) is 0 Å². The first kappa shape index (κ1) is 11.1. The van der Waals surface area contributed by atoms with Gasteiger partial charge in [-0.2, -0.15) is 0 Å². The van der Waals surface area contributed by atoms with Gasteiger partial charge in [-0.15, -0.1) is 0 Å². The van der Waals surface area contributed by atoms with Gasteiger partial charge < -0.3 is 10.6 Å². The third-order valence-electron chi connectivity index (χ3n) is 3.31. The molecule has 15 heavy (non-hydrogen) atoms. The van der Waals surface area contributed by atoms with Crippen LogP contribution in [-0.2, 0) is 15.6 Å². The minimum absolute atomic E-state index is 0.131. The van der Waals surface area contributed by atoms with Gasteiger partial charge in [0.05, 0.1) is 0 Å². The molecule has 1 amide bonds. The number of rotatable bonds is 1. The molecule has 1 heterocycles. The van der Waals surface area contributed by atoms with Crippen molar-refractivity contribution < 1.29 is 9.00 Å². The number of carbonyl (C=O) groups is 1. The van der Waals surface area contributed by atoms with Crippen molar-refractivity contribution in [3.05, 3.63) is 0 Å². The van der Waals surface area contributed by atoms with Gasteiger partial charge in [0.25, 0.3) is 0 Å². The van der Waals surface area contributed by atoms with Gasteiger partial charge in [0, 0.05) is 47.4 Å². The molecule has 0 aromatic rings. The summed E-state index contributed by atoms with van der Waals surface area (Å²) in [5.41, 5.74) is 5.80. The highest BCUT2D eigenvalue weighted by Crippen LogP contribution is 2.26. The summed E-state index contributed by atoms with van der Waals surface area (Å²) in [5.74, 6) is 1.65. The average molecular weight is 230 g/mol. The molecule has 0 radical (unpaired) electrons. The highest BCUT2D eigenvalue weighted by Gasteiger charge is 2.32. The Hall–Kier alpha value is -0.420. The van der Waals surface area contributed by atoms with Gasteiger partial charge in [-0.1, -0.05) is 0 Å². The number of nitrogens with two attached hydrogens (primary N) is 1. The van der Waals surface area contributed by atoms with Crippen LogP contribution in [0.1, 0.15) is 19.3 Å². The largest absolute Gasteiger partial charge is 0.341 e. The SMILES string of the molecule is NC1CCC(C(=O)N2CCS(=O)CC2)C1. The fraction of sp³-hybridized carbons (Fsp3) is 0.900. The van der Waals surface area contributed by atoms with Gasteiger partial charge in [0.1, 0.15) is 0 Å². The van der Waals surface area contributed by atoms with Crippen molar-refractivity contribution >= 4 is 16.7 Å². The van der Waals surface area contributed by atoms with Crippen molar-refractivity contribution in [3.63, 3.8) is 0 Å². The van der Waals surface area contributed by atoms with E-state index in [4.69, 9.17) is 5.73 Å². The zero-order valence-corrected chi connectivity index (χ0v) is 9.67. The lowest BCUT2D eigenvalue weighted by Crippen LogP contribution is -2.44. The Kier molecular flexibility index (Phi) is 3.41. The standard InChI is InChI=1S/C10H18N2O2S/c11-9-2-1-8(7-9)10(13)12-3-5-15(14)6-4-12/h8-9H,1-7,11H2. The Morgan fingerprint density at radius 3 is 2.47 bits per heavy atom. The van der Waals surface area contributed by atoms with E-state index in [0.717, 1.165) is 19.3 Å². The van der Waals surface area contributed by atoms with Crippen LogP contribution < -0.4 is 5.73 Å². The Labute approximate surface area is 92.6 Å². The van der Waals surface area contributed by atoms with Gasteiger partial charge in [-0.3, -0.25) is 9.00 Å². The fourth-order valence-electron chi connectivity index (χ4n) is 2.36. The van der Waals surface area contributed by atoms with E-state index in [1.165, 1.54) is 0 Å². The molecule has 2 unspecified atom stereocenters. The topological polar surface area (TPSA) is 63.4 Å². The smallest absolute Gasteiger partial charge is 0.225 e. The molecular formula is C10H18N2O2S. The molecule has 1 aliphatic carbocycles. The average Bonchev–Trinajstić information content (AvgIpc) is 2.65. The van der Waals surface area contributed by atoms with E-state index in [1.807, 2.05) is 4.90 Å². The van der Waals surface area contributed by atoms with E-state index in [9.17, 15) is 9.00 Å². The van der Waals surface area contributed by atoms with Crippen LogP contribution >= 0.6 is 0 Å². The quantitative estimate of drug-likeness (QED) is 0.673. The van der Waals surface area contributed by atoms with Crippen molar-refractivity contribution in [2.75, 3.05) is 24.6 Å². The Morgan fingerprint density at radius 2 is 1.93 bits per heavy atom. The van der Waals surface area contributed by atoms with E-state index in [0.29, 0.717) is 24.6 Å². The van der Waals surface area contributed by atoms with Gasteiger partial charge in [0.2, 0.25) is 5.91 Å². The number of nitrogens with zero attached hydrogens (tertiary/aromatic N) is 1. The summed E-state index contributed by atoms with van der Waals surface area (Å²) in [6.45, 7) is 1.33. The van der Waals surface area contributed by atoms with Crippen molar-refractivity contribution in [2.45, 2.75) is 25.3 Å². The van der Waals surface area contributed by atoms with Crippen LogP contribution in [0, 0.1) is 5.92 Å².